The Labute approximate surface area is 91.4 Å². The van der Waals surface area contributed by atoms with Crippen LogP contribution < -0.4 is 5.32 Å². The zero-order chi connectivity index (χ0) is 10.8. The molecule has 0 radical (unpaired) electrons. The van der Waals surface area contributed by atoms with Crippen LogP contribution in [0.5, 0.6) is 0 Å². The molecule has 1 heterocycles. The van der Waals surface area contributed by atoms with Gasteiger partial charge in [-0.2, -0.15) is 0 Å². The van der Waals surface area contributed by atoms with Crippen molar-refractivity contribution in [3.63, 3.8) is 0 Å². The van der Waals surface area contributed by atoms with Crippen molar-refractivity contribution in [1.82, 2.24) is 5.32 Å². The average molecular weight is 202 g/mol. The Morgan fingerprint density at radius 1 is 1.33 bits per heavy atom. The summed E-state index contributed by atoms with van der Waals surface area (Å²) in [6.45, 7) is 7.42. The van der Waals surface area contributed by atoms with E-state index in [1.165, 1.54) is 16.7 Å². The number of nitrogens with zero attached hydrogens (tertiary/aromatic N) is 1. The molecule has 80 valence electrons. The Hall–Kier alpha value is -1.31. The number of hydrogen-bond donors (Lipinski definition) is 1. The summed E-state index contributed by atoms with van der Waals surface area (Å²) in [6, 6.07) is 6.95. The number of benzene rings is 1. The molecule has 0 saturated carbocycles. The molecule has 2 heteroatoms. The van der Waals surface area contributed by atoms with E-state index in [2.05, 4.69) is 49.3 Å². The Kier molecular flexibility index (Phi) is 2.76. The van der Waals surface area contributed by atoms with Gasteiger partial charge < -0.3 is 5.32 Å². The first-order chi connectivity index (χ1) is 7.16. The van der Waals surface area contributed by atoms with Crippen LogP contribution in [0.2, 0.25) is 0 Å². The minimum atomic E-state index is 0.504. The molecule has 2 rings (SSSR count). The molecule has 1 N–H and O–H groups in total. The third-order valence-corrected chi connectivity index (χ3v) is 2.96. The molecule has 0 fully saturated rings. The van der Waals surface area contributed by atoms with Gasteiger partial charge in [-0.15, -0.1) is 0 Å². The quantitative estimate of drug-likeness (QED) is 0.781. The van der Waals surface area contributed by atoms with Gasteiger partial charge in [0, 0.05) is 12.5 Å². The monoisotopic (exact) mass is 202 g/mol. The summed E-state index contributed by atoms with van der Waals surface area (Å²) in [7, 11) is 0. The van der Waals surface area contributed by atoms with Gasteiger partial charge in [-0.25, -0.2) is 0 Å². The van der Waals surface area contributed by atoms with Gasteiger partial charge in [0.25, 0.3) is 0 Å². The lowest BCUT2D eigenvalue weighted by atomic mass is 10.00. The Bertz CT molecular complexity index is 373. The third-order valence-electron chi connectivity index (χ3n) is 2.96. The molecular formula is C13H18N2. The van der Waals surface area contributed by atoms with Gasteiger partial charge in [0.15, 0.2) is 0 Å². The van der Waals surface area contributed by atoms with E-state index in [0.29, 0.717) is 6.04 Å². The van der Waals surface area contributed by atoms with Gasteiger partial charge in [-0.05, 0) is 37.5 Å². The molecule has 0 unspecified atom stereocenters. The van der Waals surface area contributed by atoms with Crippen LogP contribution in [-0.4, -0.2) is 18.4 Å². The fourth-order valence-corrected chi connectivity index (χ4v) is 2.03. The molecule has 1 aromatic carbocycles. The Morgan fingerprint density at radius 2 is 2.00 bits per heavy atom. The minimum Gasteiger partial charge on any atom is -0.369 e. The van der Waals surface area contributed by atoms with Gasteiger partial charge in [0.05, 0.1) is 6.54 Å². The van der Waals surface area contributed by atoms with Crippen molar-refractivity contribution in [2.45, 2.75) is 33.2 Å². The van der Waals surface area contributed by atoms with E-state index in [1.807, 2.05) is 0 Å². The van der Waals surface area contributed by atoms with Gasteiger partial charge >= 0.3 is 0 Å². The third kappa shape index (κ3) is 2.20. The molecule has 1 atom stereocenters. The highest BCUT2D eigenvalue weighted by atomic mass is 15.1. The van der Waals surface area contributed by atoms with Crippen LogP contribution >= 0.6 is 0 Å². The first-order valence-corrected chi connectivity index (χ1v) is 5.52. The van der Waals surface area contributed by atoms with Crippen molar-refractivity contribution < 1.29 is 0 Å². The fraction of sp³-hybridized carbons (Fsp3) is 0.462. The molecule has 1 aliphatic heterocycles. The lowest BCUT2D eigenvalue weighted by Crippen LogP contribution is -2.28. The number of nitrogens with one attached hydrogen (secondary N) is 1. The number of rotatable bonds is 2. The van der Waals surface area contributed by atoms with Gasteiger partial charge in [0.1, 0.15) is 5.84 Å². The van der Waals surface area contributed by atoms with E-state index in [4.69, 9.17) is 0 Å². The summed E-state index contributed by atoms with van der Waals surface area (Å²) in [5.41, 5.74) is 4.14. The molecular weight excluding hydrogens is 184 g/mol. The minimum absolute atomic E-state index is 0.504. The van der Waals surface area contributed by atoms with E-state index in [1.54, 1.807) is 0 Å². The summed E-state index contributed by atoms with van der Waals surface area (Å²) in [6.07, 6.45) is 0.947. The Balaban J connectivity index is 2.18. The number of aliphatic imine (C=N–C) groups is 1. The molecule has 0 aromatic heterocycles. The van der Waals surface area contributed by atoms with Crippen molar-refractivity contribution in [3.05, 3.63) is 34.9 Å². The smallest absolute Gasteiger partial charge is 0.101 e. The summed E-state index contributed by atoms with van der Waals surface area (Å²) >= 11 is 0. The highest BCUT2D eigenvalue weighted by Crippen LogP contribution is 2.15. The van der Waals surface area contributed by atoms with Gasteiger partial charge in [0.2, 0.25) is 0 Å². The summed E-state index contributed by atoms with van der Waals surface area (Å²) in [5.74, 6) is 1.14. The maximum atomic E-state index is 4.50. The van der Waals surface area contributed by atoms with Gasteiger partial charge in [-0.1, -0.05) is 18.2 Å². The highest BCUT2D eigenvalue weighted by molar-refractivity contribution is 5.86. The summed E-state index contributed by atoms with van der Waals surface area (Å²) < 4.78 is 0. The molecule has 0 spiro atoms. The maximum absolute atomic E-state index is 4.50. The van der Waals surface area contributed by atoms with E-state index >= 15 is 0 Å². The predicted octanol–water partition coefficient (Wildman–Crippen LogP) is 2.24. The normalized spacial score (nSPS) is 19.9. The van der Waals surface area contributed by atoms with E-state index in [9.17, 15) is 0 Å². The maximum Gasteiger partial charge on any atom is 0.101 e. The SMILES string of the molecule is Cc1cccc(C)c1CC1=NC[C@@H](C)N1. The molecule has 0 bridgehead atoms. The molecule has 0 amide bonds. The lowest BCUT2D eigenvalue weighted by Gasteiger charge is -2.11. The van der Waals surface area contributed by atoms with Crippen LogP contribution in [0.3, 0.4) is 0 Å². The fourth-order valence-electron chi connectivity index (χ4n) is 2.03. The molecule has 1 aromatic rings. The van der Waals surface area contributed by atoms with Crippen molar-refractivity contribution in [3.8, 4) is 0 Å². The van der Waals surface area contributed by atoms with Crippen LogP contribution in [0, 0.1) is 13.8 Å². The topological polar surface area (TPSA) is 24.4 Å². The van der Waals surface area contributed by atoms with Crippen LogP contribution in [0.25, 0.3) is 0 Å². The standard InChI is InChI=1S/C13H18N2/c1-9-5-4-6-10(2)12(9)7-13-14-8-11(3)15-13/h4-6,11H,7-8H2,1-3H3,(H,14,15)/t11-/m1/s1. The van der Waals surface area contributed by atoms with Crippen LogP contribution in [0.1, 0.15) is 23.6 Å². The second-order valence-electron chi connectivity index (χ2n) is 4.38. The van der Waals surface area contributed by atoms with Crippen LogP contribution in [0.4, 0.5) is 0 Å². The predicted molar refractivity (Wildman–Crippen MR) is 64.5 cm³/mol. The number of amidine groups is 1. The molecule has 15 heavy (non-hydrogen) atoms. The van der Waals surface area contributed by atoms with Crippen molar-refractivity contribution >= 4 is 5.84 Å². The van der Waals surface area contributed by atoms with E-state index in [-0.39, 0.29) is 0 Å². The molecule has 0 saturated heterocycles. The summed E-state index contributed by atoms with van der Waals surface area (Å²) in [5, 5.41) is 3.41. The zero-order valence-electron chi connectivity index (χ0n) is 9.67. The lowest BCUT2D eigenvalue weighted by molar-refractivity contribution is 0.723. The number of aryl methyl sites for hydroxylation is 2. The van der Waals surface area contributed by atoms with Crippen molar-refractivity contribution in [2.24, 2.45) is 4.99 Å². The zero-order valence-corrected chi connectivity index (χ0v) is 9.67. The largest absolute Gasteiger partial charge is 0.369 e. The first kappa shape index (κ1) is 10.2. The summed E-state index contributed by atoms with van der Waals surface area (Å²) in [4.78, 5) is 4.50. The molecule has 1 aliphatic rings. The van der Waals surface area contributed by atoms with Crippen molar-refractivity contribution in [1.29, 1.82) is 0 Å². The van der Waals surface area contributed by atoms with Gasteiger partial charge in [-0.3, -0.25) is 4.99 Å². The van der Waals surface area contributed by atoms with Crippen molar-refractivity contribution in [2.75, 3.05) is 6.54 Å². The Morgan fingerprint density at radius 3 is 2.53 bits per heavy atom. The number of hydrogen-bond acceptors (Lipinski definition) is 2. The molecule has 2 nitrogen and oxygen atoms in total. The van der Waals surface area contributed by atoms with E-state index < -0.39 is 0 Å². The molecule has 0 aliphatic carbocycles. The highest BCUT2D eigenvalue weighted by Gasteiger charge is 2.14. The first-order valence-electron chi connectivity index (χ1n) is 5.52. The van der Waals surface area contributed by atoms with E-state index in [0.717, 1.165) is 18.8 Å². The second kappa shape index (κ2) is 4.05. The second-order valence-corrected chi connectivity index (χ2v) is 4.38. The van der Waals surface area contributed by atoms with Crippen LogP contribution in [-0.2, 0) is 6.42 Å². The van der Waals surface area contributed by atoms with Crippen LogP contribution in [0.15, 0.2) is 23.2 Å². The average Bonchev–Trinajstić information content (AvgIpc) is 2.58.